The smallest absolute Gasteiger partial charge is 0.187 e. The van der Waals surface area contributed by atoms with Crippen LogP contribution in [0.2, 0.25) is 0 Å². The van der Waals surface area contributed by atoms with Crippen LogP contribution in [0.3, 0.4) is 0 Å². The van der Waals surface area contributed by atoms with Gasteiger partial charge in [-0.05, 0) is 37.7 Å². The van der Waals surface area contributed by atoms with Gasteiger partial charge >= 0.3 is 0 Å². The first-order chi connectivity index (χ1) is 12.5. The Bertz CT molecular complexity index is 570. The first-order valence-corrected chi connectivity index (χ1v) is 9.33. The van der Waals surface area contributed by atoms with Crippen LogP contribution >= 0.6 is 0 Å². The van der Waals surface area contributed by atoms with Crippen molar-refractivity contribution in [3.63, 3.8) is 0 Å². The molecule has 1 saturated heterocycles. The zero-order valence-corrected chi connectivity index (χ0v) is 16.3. The molecule has 0 bridgehead atoms. The second-order valence-electron chi connectivity index (χ2n) is 8.27. The van der Waals surface area contributed by atoms with E-state index in [4.69, 9.17) is 9.47 Å². The van der Waals surface area contributed by atoms with Gasteiger partial charge in [0.1, 0.15) is 36.3 Å². The second-order valence-corrected chi connectivity index (χ2v) is 8.27. The predicted octanol–water partition coefficient (Wildman–Crippen LogP) is -0.352. The number of hydrogen-bond donors (Lipinski definition) is 5. The van der Waals surface area contributed by atoms with E-state index in [-0.39, 0.29) is 11.2 Å². The monoisotopic (exact) mass is 388 g/mol. The third kappa shape index (κ3) is 4.76. The van der Waals surface area contributed by atoms with E-state index in [1.54, 1.807) is 0 Å². The largest absolute Gasteiger partial charge is 0.394 e. The number of aliphatic hydroxyl groups is 5. The molecule has 8 heteroatoms. The van der Waals surface area contributed by atoms with Gasteiger partial charge in [-0.3, -0.25) is 0 Å². The van der Waals surface area contributed by atoms with E-state index in [1.807, 2.05) is 20.8 Å². The van der Waals surface area contributed by atoms with E-state index < -0.39 is 49.5 Å². The fourth-order valence-corrected chi connectivity index (χ4v) is 4.10. The summed E-state index contributed by atoms with van der Waals surface area (Å²) in [4.78, 5) is 11.4. The number of carbonyl (C=O) groups excluding carboxylic acids is 1. The number of aliphatic hydroxyl groups excluding tert-OH is 5. The summed E-state index contributed by atoms with van der Waals surface area (Å²) in [6, 6.07) is 0. The molecule has 27 heavy (non-hydrogen) atoms. The van der Waals surface area contributed by atoms with Crippen LogP contribution in [0.1, 0.15) is 47.0 Å². The Morgan fingerprint density at radius 1 is 1.19 bits per heavy atom. The third-order valence-corrected chi connectivity index (χ3v) is 5.64. The second kappa shape index (κ2) is 8.65. The molecule has 1 fully saturated rings. The number of Topliss-reactive ketones (excluding diaryl/α,β-unsaturated/α-hetero) is 1. The number of rotatable bonds is 6. The maximum atomic E-state index is 11.4. The van der Waals surface area contributed by atoms with Gasteiger partial charge < -0.3 is 39.8 Å². The zero-order valence-electron chi connectivity index (χ0n) is 16.3. The summed E-state index contributed by atoms with van der Waals surface area (Å²) in [7, 11) is 0. The lowest BCUT2D eigenvalue weighted by Gasteiger charge is -2.45. The molecular formula is C19H32O8. The number of hydrogen-bond acceptors (Lipinski definition) is 8. The van der Waals surface area contributed by atoms with E-state index >= 15 is 0 Å². The molecule has 0 spiro atoms. The Kier molecular flexibility index (Phi) is 7.18. The quantitative estimate of drug-likeness (QED) is 0.390. The van der Waals surface area contributed by atoms with Crippen molar-refractivity contribution in [3.05, 3.63) is 11.1 Å². The molecule has 0 aromatic rings. The maximum absolute atomic E-state index is 11.4. The lowest BCUT2D eigenvalue weighted by atomic mass is 9.69. The lowest BCUT2D eigenvalue weighted by molar-refractivity contribution is -0.314. The summed E-state index contributed by atoms with van der Waals surface area (Å²) < 4.78 is 11.2. The Morgan fingerprint density at radius 3 is 2.37 bits per heavy atom. The Labute approximate surface area is 159 Å². The van der Waals surface area contributed by atoms with Crippen LogP contribution in [0.25, 0.3) is 0 Å². The normalized spacial score (nSPS) is 39.5. The molecule has 8 nitrogen and oxygen atoms in total. The molecule has 1 aliphatic heterocycles. The molecule has 1 heterocycles. The van der Waals surface area contributed by atoms with Crippen molar-refractivity contribution in [3.8, 4) is 0 Å². The summed E-state index contributed by atoms with van der Waals surface area (Å²) in [6.45, 7) is 6.79. The van der Waals surface area contributed by atoms with Crippen molar-refractivity contribution in [2.45, 2.75) is 89.9 Å². The molecule has 1 aliphatic carbocycles. The van der Waals surface area contributed by atoms with Crippen molar-refractivity contribution in [1.82, 2.24) is 0 Å². The molecule has 0 amide bonds. The number of ether oxygens (including phenoxy) is 2. The molecule has 2 aliphatic rings. The summed E-state index contributed by atoms with van der Waals surface area (Å²) >= 11 is 0. The zero-order chi connectivity index (χ0) is 20.5. The number of allylic oxidation sites excluding steroid dienone is 1. The molecule has 0 aromatic heterocycles. The highest BCUT2D eigenvalue weighted by Crippen LogP contribution is 2.44. The van der Waals surface area contributed by atoms with Gasteiger partial charge in [0.05, 0.1) is 12.7 Å². The molecule has 0 aromatic carbocycles. The van der Waals surface area contributed by atoms with Crippen LogP contribution in [0.5, 0.6) is 0 Å². The molecule has 7 atom stereocenters. The summed E-state index contributed by atoms with van der Waals surface area (Å²) in [5.41, 5.74) is 1.46. The highest BCUT2D eigenvalue weighted by Gasteiger charge is 2.47. The maximum Gasteiger partial charge on any atom is 0.187 e. The van der Waals surface area contributed by atoms with Crippen LogP contribution in [0, 0.1) is 5.41 Å². The Morgan fingerprint density at radius 2 is 1.81 bits per heavy atom. The van der Waals surface area contributed by atoms with Crippen LogP contribution in [0.4, 0.5) is 0 Å². The molecular weight excluding hydrogens is 356 g/mol. The summed E-state index contributed by atoms with van der Waals surface area (Å²) in [6.07, 6.45) is -7.25. The van der Waals surface area contributed by atoms with Crippen molar-refractivity contribution in [2.75, 3.05) is 6.61 Å². The average Bonchev–Trinajstić information content (AvgIpc) is 2.57. The molecule has 0 radical (unpaired) electrons. The highest BCUT2D eigenvalue weighted by atomic mass is 16.7. The molecule has 0 saturated carbocycles. The van der Waals surface area contributed by atoms with Gasteiger partial charge in [0.2, 0.25) is 0 Å². The molecule has 5 N–H and O–H groups in total. The number of carbonyl (C=O) groups is 1. The van der Waals surface area contributed by atoms with Crippen LogP contribution in [0.15, 0.2) is 11.1 Å². The van der Waals surface area contributed by atoms with E-state index in [1.165, 1.54) is 6.92 Å². The van der Waals surface area contributed by atoms with Crippen molar-refractivity contribution >= 4 is 5.78 Å². The Hall–Kier alpha value is -0.870. The van der Waals surface area contributed by atoms with Crippen molar-refractivity contribution < 1.29 is 39.8 Å². The minimum atomic E-state index is -1.54. The molecule has 0 unspecified atom stereocenters. The van der Waals surface area contributed by atoms with E-state index in [2.05, 4.69) is 0 Å². The standard InChI is InChI=1S/C19H32O8/c1-9(21)5-6-11-10(2)17(12(22)7-19(11,3)4)27-18-16(25)15(24)14(23)13(8-20)26-18/h12-18,20,22-25H,5-8H2,1-4H3/t12-,13-,14-,15+,16-,17+,18+/m1/s1. The van der Waals surface area contributed by atoms with Gasteiger partial charge in [-0.2, -0.15) is 0 Å². The van der Waals surface area contributed by atoms with Crippen LogP contribution in [-0.4, -0.2) is 80.8 Å². The van der Waals surface area contributed by atoms with E-state index in [0.717, 1.165) is 11.1 Å². The topological polar surface area (TPSA) is 137 Å². The fourth-order valence-electron chi connectivity index (χ4n) is 4.10. The van der Waals surface area contributed by atoms with Gasteiger partial charge in [0.25, 0.3) is 0 Å². The average molecular weight is 388 g/mol. The fraction of sp³-hybridized carbons (Fsp3) is 0.842. The van der Waals surface area contributed by atoms with Gasteiger partial charge in [0, 0.05) is 6.42 Å². The van der Waals surface area contributed by atoms with Gasteiger partial charge in [-0.1, -0.05) is 19.4 Å². The van der Waals surface area contributed by atoms with Crippen LogP contribution in [-0.2, 0) is 14.3 Å². The van der Waals surface area contributed by atoms with E-state index in [0.29, 0.717) is 19.3 Å². The molecule has 2 rings (SSSR count). The first kappa shape index (κ1) is 22.4. The van der Waals surface area contributed by atoms with Gasteiger partial charge in [0.15, 0.2) is 6.29 Å². The third-order valence-electron chi connectivity index (χ3n) is 5.64. The minimum absolute atomic E-state index is 0.0728. The predicted molar refractivity (Wildman–Crippen MR) is 95.7 cm³/mol. The molecule has 156 valence electrons. The lowest BCUT2D eigenvalue weighted by Crippen LogP contribution is -2.60. The number of ketones is 1. The van der Waals surface area contributed by atoms with Crippen LogP contribution < -0.4 is 0 Å². The summed E-state index contributed by atoms with van der Waals surface area (Å²) in [5.74, 6) is 0.0728. The van der Waals surface area contributed by atoms with Gasteiger partial charge in [-0.15, -0.1) is 0 Å². The van der Waals surface area contributed by atoms with Crippen molar-refractivity contribution in [1.29, 1.82) is 0 Å². The van der Waals surface area contributed by atoms with Crippen molar-refractivity contribution in [2.24, 2.45) is 5.41 Å². The minimum Gasteiger partial charge on any atom is -0.394 e. The first-order valence-electron chi connectivity index (χ1n) is 9.33. The SMILES string of the molecule is CC(=O)CCC1=C(C)[C@H](O[C@@H]2O[C@H](CO)[C@@H](O)[C@H](O)[C@H]2O)[C@H](O)CC1(C)C. The van der Waals surface area contributed by atoms with Gasteiger partial charge in [-0.25, -0.2) is 0 Å². The summed E-state index contributed by atoms with van der Waals surface area (Å²) in [5, 5.41) is 49.9. The van der Waals surface area contributed by atoms with E-state index in [9.17, 15) is 30.3 Å². The highest BCUT2D eigenvalue weighted by molar-refractivity contribution is 5.75. The Balaban J connectivity index is 2.25.